The highest BCUT2D eigenvalue weighted by Gasteiger charge is 1.97. The van der Waals surface area contributed by atoms with Crippen LogP contribution in [0.1, 0.15) is 13.3 Å². The first-order chi connectivity index (χ1) is 5.66. The number of nitrogens with zero attached hydrogens (tertiary/aromatic N) is 1. The van der Waals surface area contributed by atoms with E-state index in [2.05, 4.69) is 10.2 Å². The van der Waals surface area contributed by atoms with Crippen molar-refractivity contribution in [1.29, 1.82) is 0 Å². The van der Waals surface area contributed by atoms with Crippen LogP contribution in [-0.4, -0.2) is 43.1 Å². The van der Waals surface area contributed by atoms with Gasteiger partial charge in [-0.3, -0.25) is 4.79 Å². The summed E-state index contributed by atoms with van der Waals surface area (Å²) >= 11 is 1.33. The third kappa shape index (κ3) is 7.88. The van der Waals surface area contributed by atoms with Crippen LogP contribution < -0.4 is 5.32 Å². The zero-order valence-electron chi connectivity index (χ0n) is 8.09. The molecule has 72 valence electrons. The Kier molecular flexibility index (Phi) is 7.29. The molecule has 0 heterocycles. The molecule has 12 heavy (non-hydrogen) atoms. The minimum absolute atomic E-state index is 0.0938. The predicted molar refractivity (Wildman–Crippen MR) is 54.7 cm³/mol. The highest BCUT2D eigenvalue weighted by atomic mass is 32.2. The molecule has 1 N–H and O–H groups in total. The van der Waals surface area contributed by atoms with Crippen LogP contribution in [-0.2, 0) is 0 Å². The van der Waals surface area contributed by atoms with Gasteiger partial charge >= 0.3 is 0 Å². The second-order valence-electron chi connectivity index (χ2n) is 2.80. The molecule has 3 nitrogen and oxygen atoms in total. The van der Waals surface area contributed by atoms with Crippen molar-refractivity contribution in [3.8, 4) is 0 Å². The van der Waals surface area contributed by atoms with E-state index in [0.29, 0.717) is 0 Å². The van der Waals surface area contributed by atoms with Gasteiger partial charge in [0.25, 0.3) is 5.24 Å². The molecule has 1 amide bonds. The number of carbonyl (C=O) groups excluding carboxylic acids is 1. The summed E-state index contributed by atoms with van der Waals surface area (Å²) in [6.07, 6.45) is 1.02. The number of thioether (sulfide) groups is 1. The fraction of sp³-hybridized carbons (Fsp3) is 0.875. The van der Waals surface area contributed by atoms with Gasteiger partial charge in [-0.2, -0.15) is 0 Å². The van der Waals surface area contributed by atoms with Crippen molar-refractivity contribution < 1.29 is 4.79 Å². The van der Waals surface area contributed by atoms with Gasteiger partial charge < -0.3 is 10.2 Å². The highest BCUT2D eigenvalue weighted by Crippen LogP contribution is 1.98. The molecule has 0 atom stereocenters. The molecule has 0 saturated heterocycles. The molecule has 4 heteroatoms. The third-order valence-electron chi connectivity index (χ3n) is 1.33. The molecule has 0 radical (unpaired) electrons. The van der Waals surface area contributed by atoms with Crippen LogP contribution in [0, 0.1) is 0 Å². The molecule has 0 aromatic rings. The van der Waals surface area contributed by atoms with Gasteiger partial charge in [-0.15, -0.1) is 0 Å². The van der Waals surface area contributed by atoms with E-state index < -0.39 is 0 Å². The Bertz CT molecular complexity index is 128. The maximum atomic E-state index is 10.9. The first-order valence-electron chi connectivity index (χ1n) is 4.22. The average Bonchev–Trinajstić information content (AvgIpc) is 1.98. The lowest BCUT2D eigenvalue weighted by Crippen LogP contribution is -2.24. The number of rotatable bonds is 5. The standard InChI is InChI=1S/C8H18N2OS/c1-4-12-8(11)9-6-5-7-10(2)3/h4-7H2,1-3H3,(H,9,11). The summed E-state index contributed by atoms with van der Waals surface area (Å²) < 4.78 is 0. The zero-order chi connectivity index (χ0) is 9.40. The van der Waals surface area contributed by atoms with E-state index in [1.807, 2.05) is 21.0 Å². The normalized spacial score (nSPS) is 10.3. The fourth-order valence-electron chi connectivity index (χ4n) is 0.768. The van der Waals surface area contributed by atoms with Crippen LogP contribution in [0.2, 0.25) is 0 Å². The summed E-state index contributed by atoms with van der Waals surface area (Å²) in [7, 11) is 4.06. The van der Waals surface area contributed by atoms with Crippen LogP contribution >= 0.6 is 11.8 Å². The van der Waals surface area contributed by atoms with Crippen molar-refractivity contribution in [3.05, 3.63) is 0 Å². The van der Waals surface area contributed by atoms with E-state index in [0.717, 1.165) is 25.3 Å². The highest BCUT2D eigenvalue weighted by molar-refractivity contribution is 8.13. The van der Waals surface area contributed by atoms with E-state index in [-0.39, 0.29) is 5.24 Å². The monoisotopic (exact) mass is 190 g/mol. The number of nitrogens with one attached hydrogen (secondary N) is 1. The maximum Gasteiger partial charge on any atom is 0.279 e. The maximum absolute atomic E-state index is 10.9. The van der Waals surface area contributed by atoms with Gasteiger partial charge in [0, 0.05) is 6.54 Å². The summed E-state index contributed by atoms with van der Waals surface area (Å²) in [5.74, 6) is 0.847. The molecule has 0 rings (SSSR count). The largest absolute Gasteiger partial charge is 0.347 e. The number of carbonyl (C=O) groups is 1. The minimum atomic E-state index is 0.0938. The zero-order valence-corrected chi connectivity index (χ0v) is 8.91. The van der Waals surface area contributed by atoms with Gasteiger partial charge in [0.05, 0.1) is 0 Å². The Morgan fingerprint density at radius 2 is 2.17 bits per heavy atom. The third-order valence-corrected chi connectivity index (χ3v) is 2.02. The van der Waals surface area contributed by atoms with E-state index >= 15 is 0 Å². The summed E-state index contributed by atoms with van der Waals surface area (Å²) in [6, 6.07) is 0. The van der Waals surface area contributed by atoms with Crippen molar-refractivity contribution in [2.45, 2.75) is 13.3 Å². The number of amides is 1. The van der Waals surface area contributed by atoms with Gasteiger partial charge in [-0.25, -0.2) is 0 Å². The molecule has 0 unspecified atom stereocenters. The van der Waals surface area contributed by atoms with Crippen molar-refractivity contribution in [2.24, 2.45) is 0 Å². The Hall–Kier alpha value is -0.220. The lowest BCUT2D eigenvalue weighted by molar-refractivity contribution is 0.260. The Morgan fingerprint density at radius 3 is 2.67 bits per heavy atom. The molecule has 0 aromatic carbocycles. The van der Waals surface area contributed by atoms with E-state index in [1.54, 1.807) is 0 Å². The first kappa shape index (κ1) is 11.8. The first-order valence-corrected chi connectivity index (χ1v) is 5.20. The molecule has 0 bridgehead atoms. The van der Waals surface area contributed by atoms with Gasteiger partial charge in [-0.1, -0.05) is 18.7 Å². The average molecular weight is 190 g/mol. The lowest BCUT2D eigenvalue weighted by atomic mass is 10.4. The molecular weight excluding hydrogens is 172 g/mol. The summed E-state index contributed by atoms with van der Waals surface area (Å²) in [5.41, 5.74) is 0. The number of hydrogen-bond donors (Lipinski definition) is 1. The van der Waals surface area contributed by atoms with Crippen LogP contribution in [0.3, 0.4) is 0 Å². The predicted octanol–water partition coefficient (Wildman–Crippen LogP) is 1.40. The van der Waals surface area contributed by atoms with Crippen LogP contribution in [0.25, 0.3) is 0 Å². The molecule has 0 fully saturated rings. The van der Waals surface area contributed by atoms with Crippen molar-refractivity contribution in [3.63, 3.8) is 0 Å². The molecule has 0 aromatic heterocycles. The second kappa shape index (κ2) is 7.43. The van der Waals surface area contributed by atoms with Crippen LogP contribution in [0.15, 0.2) is 0 Å². The summed E-state index contributed by atoms with van der Waals surface area (Å²) in [6.45, 7) is 3.78. The van der Waals surface area contributed by atoms with Crippen molar-refractivity contribution >= 4 is 17.0 Å². The van der Waals surface area contributed by atoms with E-state index in [4.69, 9.17) is 0 Å². The van der Waals surface area contributed by atoms with Gasteiger partial charge in [0.1, 0.15) is 0 Å². The Morgan fingerprint density at radius 1 is 1.50 bits per heavy atom. The van der Waals surface area contributed by atoms with Crippen LogP contribution in [0.4, 0.5) is 4.79 Å². The second-order valence-corrected chi connectivity index (χ2v) is 4.04. The molecule has 0 saturated carbocycles. The van der Waals surface area contributed by atoms with E-state index in [1.165, 1.54) is 11.8 Å². The van der Waals surface area contributed by atoms with Crippen molar-refractivity contribution in [2.75, 3.05) is 32.9 Å². The van der Waals surface area contributed by atoms with Gasteiger partial charge in [0.15, 0.2) is 0 Å². The Labute approximate surface area is 78.9 Å². The quantitative estimate of drug-likeness (QED) is 0.665. The van der Waals surface area contributed by atoms with Crippen molar-refractivity contribution in [1.82, 2.24) is 10.2 Å². The molecule has 0 aliphatic carbocycles. The van der Waals surface area contributed by atoms with Crippen LogP contribution in [0.5, 0.6) is 0 Å². The lowest BCUT2D eigenvalue weighted by Gasteiger charge is -2.09. The molecule has 0 spiro atoms. The summed E-state index contributed by atoms with van der Waals surface area (Å²) in [5, 5.41) is 2.93. The van der Waals surface area contributed by atoms with Gasteiger partial charge in [-0.05, 0) is 32.8 Å². The smallest absolute Gasteiger partial charge is 0.279 e. The fourth-order valence-corrected chi connectivity index (χ4v) is 1.23. The summed E-state index contributed by atoms with van der Waals surface area (Å²) in [4.78, 5) is 13.0. The SMILES string of the molecule is CCSC(=O)NCCCN(C)C. The van der Waals surface area contributed by atoms with Gasteiger partial charge in [0.2, 0.25) is 0 Å². The minimum Gasteiger partial charge on any atom is -0.347 e. The number of hydrogen-bond acceptors (Lipinski definition) is 3. The van der Waals surface area contributed by atoms with E-state index in [9.17, 15) is 4.79 Å². The molecular formula is C8H18N2OS. The molecule has 0 aliphatic heterocycles. The molecule has 0 aliphatic rings. The topological polar surface area (TPSA) is 32.3 Å². The Balaban J connectivity index is 3.14.